The topological polar surface area (TPSA) is 67.8 Å². The summed E-state index contributed by atoms with van der Waals surface area (Å²) >= 11 is 0. The Balaban J connectivity index is 1.52. The van der Waals surface area contributed by atoms with Crippen LogP contribution in [0.3, 0.4) is 0 Å². The third-order valence-corrected chi connectivity index (χ3v) is 4.38. The third kappa shape index (κ3) is 6.40. The van der Waals surface area contributed by atoms with E-state index in [0.29, 0.717) is 6.42 Å². The maximum absolute atomic E-state index is 11.0. The second-order valence-electron chi connectivity index (χ2n) is 6.57. The first kappa shape index (κ1) is 21.0. The molecule has 0 aliphatic carbocycles. The van der Waals surface area contributed by atoms with Gasteiger partial charge in [0.1, 0.15) is 12.4 Å². The highest BCUT2D eigenvalue weighted by atomic mass is 16.5. The summed E-state index contributed by atoms with van der Waals surface area (Å²) in [6, 6.07) is 25.1. The molecular weight excluding hydrogens is 378 g/mol. The number of hydrogen-bond donors (Lipinski definition) is 2. The highest BCUT2D eigenvalue weighted by Crippen LogP contribution is 2.21. The molecule has 0 saturated carbocycles. The average Bonchev–Trinajstić information content (AvgIpc) is 2.77. The number of anilines is 2. The first-order valence-corrected chi connectivity index (χ1v) is 9.52. The van der Waals surface area contributed by atoms with Crippen LogP contribution in [0.5, 0.6) is 5.75 Å². The Morgan fingerprint density at radius 2 is 1.73 bits per heavy atom. The number of hydrogen-bond acceptors (Lipinski definition) is 4. The van der Waals surface area contributed by atoms with Crippen LogP contribution in [0.1, 0.15) is 11.1 Å². The third-order valence-electron chi connectivity index (χ3n) is 4.38. The summed E-state index contributed by atoms with van der Waals surface area (Å²) in [5, 5.41) is 12.4. The van der Waals surface area contributed by atoms with Crippen LogP contribution in [-0.4, -0.2) is 30.9 Å². The number of methoxy groups -OCH3 is 1. The summed E-state index contributed by atoms with van der Waals surface area (Å²) in [6.07, 6.45) is -0.529. The monoisotopic (exact) mass is 401 g/mol. The molecule has 0 aliphatic heterocycles. The van der Waals surface area contributed by atoms with Gasteiger partial charge in [-0.2, -0.15) is 0 Å². The number of aliphatic carboxylic acids is 1. The van der Waals surface area contributed by atoms with Gasteiger partial charge < -0.3 is 19.9 Å². The molecule has 0 fully saturated rings. The predicted molar refractivity (Wildman–Crippen MR) is 117 cm³/mol. The Labute approximate surface area is 176 Å². The van der Waals surface area contributed by atoms with Crippen LogP contribution >= 0.6 is 0 Å². The molecule has 0 saturated heterocycles. The zero-order valence-electron chi connectivity index (χ0n) is 16.7. The first-order valence-electron chi connectivity index (χ1n) is 9.52. The Morgan fingerprint density at radius 3 is 2.43 bits per heavy atom. The van der Waals surface area contributed by atoms with Gasteiger partial charge in [-0.3, -0.25) is 0 Å². The largest absolute Gasteiger partial charge is 0.481 e. The number of carboxylic acids is 1. The zero-order chi connectivity index (χ0) is 21.2. The number of nitrogens with one attached hydrogen (secondary N) is 1. The first-order chi connectivity index (χ1) is 14.6. The normalized spacial score (nSPS) is 11.1. The van der Waals surface area contributed by atoms with Crippen LogP contribution in [0.2, 0.25) is 0 Å². The molecule has 0 spiro atoms. The Hall–Kier alpha value is -3.75. The van der Waals surface area contributed by atoms with Crippen molar-refractivity contribution in [3.8, 4) is 17.6 Å². The second kappa shape index (κ2) is 10.7. The maximum Gasteiger partial charge on any atom is 0.333 e. The minimum Gasteiger partial charge on any atom is -0.481 e. The van der Waals surface area contributed by atoms with Crippen LogP contribution in [0.15, 0.2) is 78.9 Å². The van der Waals surface area contributed by atoms with E-state index in [2.05, 4.69) is 17.2 Å². The quantitative estimate of drug-likeness (QED) is 0.544. The second-order valence-corrected chi connectivity index (χ2v) is 6.57. The van der Waals surface area contributed by atoms with E-state index in [0.717, 1.165) is 28.3 Å². The van der Waals surface area contributed by atoms with Crippen molar-refractivity contribution in [3.63, 3.8) is 0 Å². The molecule has 2 N–H and O–H groups in total. The SMILES string of the molecule is CO[C@@H](Cc1ccc(C#CCOc2cccc(Nc3ccccc3)c2)cc1)C(=O)O. The summed E-state index contributed by atoms with van der Waals surface area (Å²) in [7, 11) is 1.39. The predicted octanol–water partition coefficient (Wildman–Crippen LogP) is 4.50. The van der Waals surface area contributed by atoms with E-state index >= 15 is 0 Å². The summed E-state index contributed by atoms with van der Waals surface area (Å²) in [4.78, 5) is 11.0. The van der Waals surface area contributed by atoms with Crippen molar-refractivity contribution in [1.29, 1.82) is 0 Å². The van der Waals surface area contributed by atoms with Gasteiger partial charge in [-0.25, -0.2) is 4.79 Å². The molecule has 0 aliphatic rings. The van der Waals surface area contributed by atoms with E-state index in [1.54, 1.807) is 0 Å². The van der Waals surface area contributed by atoms with Gasteiger partial charge in [0.2, 0.25) is 0 Å². The van der Waals surface area contributed by atoms with Gasteiger partial charge in [0.25, 0.3) is 0 Å². The zero-order valence-corrected chi connectivity index (χ0v) is 16.7. The molecule has 3 aromatic rings. The number of carboxylic acid groups (broad SMARTS) is 1. The van der Waals surface area contributed by atoms with E-state index in [1.165, 1.54) is 7.11 Å². The van der Waals surface area contributed by atoms with Crippen LogP contribution in [-0.2, 0) is 16.0 Å². The molecular formula is C25H23NO4. The van der Waals surface area contributed by atoms with Crippen LogP contribution < -0.4 is 10.1 Å². The van der Waals surface area contributed by atoms with Crippen molar-refractivity contribution in [1.82, 2.24) is 0 Å². The molecule has 0 unspecified atom stereocenters. The highest BCUT2D eigenvalue weighted by Gasteiger charge is 2.16. The van der Waals surface area contributed by atoms with Crippen LogP contribution in [0.4, 0.5) is 11.4 Å². The summed E-state index contributed by atoms with van der Waals surface area (Å²) in [5.41, 5.74) is 3.68. The average molecular weight is 401 g/mol. The fraction of sp³-hybridized carbons (Fsp3) is 0.160. The van der Waals surface area contributed by atoms with Crippen molar-refractivity contribution in [2.45, 2.75) is 12.5 Å². The van der Waals surface area contributed by atoms with E-state index in [4.69, 9.17) is 14.6 Å². The molecule has 0 aromatic heterocycles. The summed E-state index contributed by atoms with van der Waals surface area (Å²) in [5.74, 6) is 5.81. The molecule has 5 nitrogen and oxygen atoms in total. The van der Waals surface area contributed by atoms with Crippen molar-refractivity contribution in [2.24, 2.45) is 0 Å². The van der Waals surface area contributed by atoms with Crippen molar-refractivity contribution < 1.29 is 19.4 Å². The summed E-state index contributed by atoms with van der Waals surface area (Å²) in [6.45, 7) is 0.265. The lowest BCUT2D eigenvalue weighted by atomic mass is 10.1. The van der Waals surface area contributed by atoms with Gasteiger partial charge in [0.05, 0.1) is 0 Å². The Kier molecular flexibility index (Phi) is 7.48. The van der Waals surface area contributed by atoms with E-state index in [-0.39, 0.29) is 6.61 Å². The van der Waals surface area contributed by atoms with Crippen molar-refractivity contribution in [3.05, 3.63) is 90.0 Å². The van der Waals surface area contributed by atoms with Gasteiger partial charge in [0, 0.05) is 36.5 Å². The standard InChI is InChI=1S/C25H23NO4/c1-29-24(25(27)28)17-20-14-12-19(13-15-20)7-6-16-30-23-11-5-10-22(18-23)26-21-8-3-2-4-9-21/h2-5,8-15,18,24,26H,16-17H2,1H3,(H,27,28)/t24-/m0/s1. The number of ether oxygens (including phenoxy) is 2. The van der Waals surface area contributed by atoms with Crippen molar-refractivity contribution >= 4 is 17.3 Å². The Bertz CT molecular complexity index is 1020. The minimum absolute atomic E-state index is 0.265. The van der Waals surface area contributed by atoms with Gasteiger partial charge in [0.15, 0.2) is 6.10 Å². The van der Waals surface area contributed by atoms with Gasteiger partial charge >= 0.3 is 5.97 Å². The fourth-order valence-corrected chi connectivity index (χ4v) is 2.82. The van der Waals surface area contributed by atoms with E-state index < -0.39 is 12.1 Å². The lowest BCUT2D eigenvalue weighted by Crippen LogP contribution is -2.24. The molecule has 1 atom stereocenters. The molecule has 0 amide bonds. The van der Waals surface area contributed by atoms with E-state index in [1.807, 2.05) is 78.9 Å². The number of benzene rings is 3. The molecule has 3 rings (SSSR count). The van der Waals surface area contributed by atoms with E-state index in [9.17, 15) is 4.79 Å². The Morgan fingerprint density at radius 1 is 1.00 bits per heavy atom. The number of carbonyl (C=O) groups is 1. The summed E-state index contributed by atoms with van der Waals surface area (Å²) < 4.78 is 10.7. The molecule has 0 bridgehead atoms. The van der Waals surface area contributed by atoms with Gasteiger partial charge in [-0.15, -0.1) is 0 Å². The molecule has 0 heterocycles. The number of para-hydroxylation sites is 1. The number of rotatable bonds is 8. The molecule has 5 heteroatoms. The lowest BCUT2D eigenvalue weighted by Gasteiger charge is -2.10. The van der Waals surface area contributed by atoms with Gasteiger partial charge in [-0.05, 0) is 42.0 Å². The lowest BCUT2D eigenvalue weighted by molar-refractivity contribution is -0.148. The smallest absolute Gasteiger partial charge is 0.333 e. The molecule has 3 aromatic carbocycles. The van der Waals surface area contributed by atoms with Crippen LogP contribution in [0.25, 0.3) is 0 Å². The fourth-order valence-electron chi connectivity index (χ4n) is 2.82. The minimum atomic E-state index is -0.971. The highest BCUT2D eigenvalue weighted by molar-refractivity contribution is 5.72. The van der Waals surface area contributed by atoms with Crippen molar-refractivity contribution in [2.75, 3.05) is 19.0 Å². The molecule has 0 radical (unpaired) electrons. The maximum atomic E-state index is 11.0. The van der Waals surface area contributed by atoms with Crippen LogP contribution in [0, 0.1) is 11.8 Å². The molecule has 152 valence electrons. The van der Waals surface area contributed by atoms with Gasteiger partial charge in [-0.1, -0.05) is 48.2 Å². The molecule has 30 heavy (non-hydrogen) atoms.